The SMILES string of the molecule is CC(=O)[C@H]1CC[C@H]2[C@@H]3CC[C@H]4CC(=O)CC[C@]4(C)[C@H]3CC[C@]12C.[2H]C([2H])(OC)[C@@]1(O)CC[C@@]2(C)[C@@H](CC[C@@H]3[C@@H]2CC[C@]2(C)[C@@H](C(C)=O)CC[C@@H]32)C1. The van der Waals surface area contributed by atoms with Crippen molar-refractivity contribution in [3.05, 3.63) is 0 Å². The summed E-state index contributed by atoms with van der Waals surface area (Å²) in [5.74, 6) is 7.23. The zero-order valence-electron chi connectivity index (χ0n) is 34.1. The van der Waals surface area contributed by atoms with Crippen LogP contribution in [0.4, 0.5) is 0 Å². The van der Waals surface area contributed by atoms with Crippen LogP contribution < -0.4 is 0 Å². The molecular formula is C44H70O5. The third-order valence-electron chi connectivity index (χ3n) is 18.5. The van der Waals surface area contributed by atoms with Gasteiger partial charge in [0.05, 0.1) is 14.9 Å². The van der Waals surface area contributed by atoms with Crippen molar-refractivity contribution in [3.63, 3.8) is 0 Å². The van der Waals surface area contributed by atoms with Crippen LogP contribution in [-0.4, -0.2) is 41.7 Å². The Morgan fingerprint density at radius 1 is 0.673 bits per heavy atom. The molecule has 15 atom stereocenters. The number of ketones is 3. The summed E-state index contributed by atoms with van der Waals surface area (Å²) in [5.41, 5.74) is -0.365. The number of methoxy groups -OCH3 is 1. The van der Waals surface area contributed by atoms with Crippen LogP contribution in [0, 0.1) is 80.8 Å². The molecule has 49 heavy (non-hydrogen) atoms. The molecule has 0 aromatic heterocycles. The maximum atomic E-state index is 12.3. The van der Waals surface area contributed by atoms with E-state index in [9.17, 15) is 19.5 Å². The van der Waals surface area contributed by atoms with Gasteiger partial charge >= 0.3 is 0 Å². The minimum absolute atomic E-state index is 0.175. The fourth-order valence-electron chi connectivity index (χ4n) is 15.9. The van der Waals surface area contributed by atoms with Crippen molar-refractivity contribution in [2.24, 2.45) is 80.8 Å². The first-order valence-electron chi connectivity index (χ1n) is 21.6. The van der Waals surface area contributed by atoms with Crippen molar-refractivity contribution in [1.29, 1.82) is 0 Å². The standard InChI is InChI=1S/C23H38O3.C21H32O2/c1-15(24)18-7-8-19-17-6-5-16-13-23(25,14-26-4)12-11-21(16,2)20(17)9-10-22(18,19)3;1-13(22)17-6-7-18-16-5-4-14-12-15(23)8-10-20(14,2)19(16)9-11-21(17,18)3/h16-20,25H,5-14H2,1-4H3;14,16-19H,4-12H2,1-3H3/t16-,17-,18+,19-,20-,21-,22+,23+;14-,16-,17+,18-,19-,20-,21+/m00/s1/i14D2;. The Kier molecular flexibility index (Phi) is 8.82. The first-order chi connectivity index (χ1) is 23.8. The number of carbonyl (C=O) groups is 3. The lowest BCUT2D eigenvalue weighted by Gasteiger charge is -2.62. The highest BCUT2D eigenvalue weighted by Crippen LogP contribution is 2.69. The molecule has 1 N–H and O–H groups in total. The molecule has 0 aromatic carbocycles. The third-order valence-corrected chi connectivity index (χ3v) is 18.5. The van der Waals surface area contributed by atoms with Gasteiger partial charge in [-0.15, -0.1) is 0 Å². The van der Waals surface area contributed by atoms with Gasteiger partial charge in [-0.05, 0) is 186 Å². The molecule has 0 radical (unpaired) electrons. The Hall–Kier alpha value is -1.07. The van der Waals surface area contributed by atoms with Crippen LogP contribution in [-0.2, 0) is 19.1 Å². The smallest absolute Gasteiger partial charge is 0.133 e. The van der Waals surface area contributed by atoms with Gasteiger partial charge in [0.25, 0.3) is 0 Å². The van der Waals surface area contributed by atoms with Crippen LogP contribution in [0.2, 0.25) is 0 Å². The van der Waals surface area contributed by atoms with E-state index in [4.69, 9.17) is 7.48 Å². The second-order valence-electron chi connectivity index (χ2n) is 20.2. The molecule has 8 aliphatic rings. The van der Waals surface area contributed by atoms with E-state index in [2.05, 4.69) is 27.7 Å². The van der Waals surface area contributed by atoms with Gasteiger partial charge in [0.2, 0.25) is 0 Å². The highest BCUT2D eigenvalue weighted by Gasteiger charge is 2.63. The van der Waals surface area contributed by atoms with Crippen molar-refractivity contribution in [3.8, 4) is 0 Å². The van der Waals surface area contributed by atoms with E-state index in [-0.39, 0.29) is 22.2 Å². The van der Waals surface area contributed by atoms with E-state index >= 15 is 0 Å². The minimum Gasteiger partial charge on any atom is -0.387 e. The van der Waals surface area contributed by atoms with Crippen LogP contribution in [0.15, 0.2) is 0 Å². The van der Waals surface area contributed by atoms with Gasteiger partial charge in [-0.1, -0.05) is 27.7 Å². The first-order valence-corrected chi connectivity index (χ1v) is 20.6. The summed E-state index contributed by atoms with van der Waals surface area (Å²) in [6.45, 7) is 11.3. The largest absolute Gasteiger partial charge is 0.387 e. The molecule has 0 heterocycles. The van der Waals surface area contributed by atoms with Gasteiger partial charge in [-0.3, -0.25) is 14.4 Å². The molecule has 0 aromatic rings. The van der Waals surface area contributed by atoms with Gasteiger partial charge in [0.15, 0.2) is 0 Å². The molecule has 0 spiro atoms. The molecule has 8 fully saturated rings. The summed E-state index contributed by atoms with van der Waals surface area (Å²) in [7, 11) is 1.36. The lowest BCUT2D eigenvalue weighted by molar-refractivity contribution is -0.163. The number of ether oxygens (including phenoxy) is 1. The zero-order chi connectivity index (χ0) is 36.9. The van der Waals surface area contributed by atoms with Gasteiger partial charge in [0, 0.05) is 31.8 Å². The molecule has 5 heteroatoms. The van der Waals surface area contributed by atoms with Gasteiger partial charge < -0.3 is 9.84 Å². The Morgan fingerprint density at radius 3 is 1.67 bits per heavy atom. The average molecular weight is 681 g/mol. The molecule has 0 amide bonds. The predicted molar refractivity (Wildman–Crippen MR) is 194 cm³/mol. The number of rotatable bonds is 4. The third kappa shape index (κ3) is 5.70. The highest BCUT2D eigenvalue weighted by molar-refractivity contribution is 5.80. The van der Waals surface area contributed by atoms with Crippen LogP contribution in [0.1, 0.15) is 160 Å². The normalized spacial score (nSPS) is 53.9. The van der Waals surface area contributed by atoms with Crippen molar-refractivity contribution in [2.45, 2.75) is 163 Å². The summed E-state index contributed by atoms with van der Waals surface area (Å²) in [6, 6.07) is 0. The number of hydrogen-bond acceptors (Lipinski definition) is 5. The summed E-state index contributed by atoms with van der Waals surface area (Å²) in [5, 5.41) is 11.1. The summed E-state index contributed by atoms with van der Waals surface area (Å²) in [4.78, 5) is 36.4. The number of carbonyl (C=O) groups excluding carboxylic acids is 3. The second-order valence-corrected chi connectivity index (χ2v) is 20.2. The van der Waals surface area contributed by atoms with Crippen molar-refractivity contribution in [1.82, 2.24) is 0 Å². The summed E-state index contributed by atoms with van der Waals surface area (Å²) < 4.78 is 21.4. The first kappa shape index (κ1) is 33.7. The Labute approximate surface area is 301 Å². The van der Waals surface area contributed by atoms with Crippen LogP contribution in [0.3, 0.4) is 0 Å². The second kappa shape index (κ2) is 12.8. The fraction of sp³-hybridized carbons (Fsp3) is 0.932. The van der Waals surface area contributed by atoms with Gasteiger partial charge in [-0.25, -0.2) is 0 Å². The van der Waals surface area contributed by atoms with Crippen LogP contribution in [0.25, 0.3) is 0 Å². The van der Waals surface area contributed by atoms with E-state index in [0.29, 0.717) is 71.1 Å². The number of fused-ring (bicyclic) bond motifs is 10. The van der Waals surface area contributed by atoms with Gasteiger partial charge in [-0.2, -0.15) is 0 Å². The van der Waals surface area contributed by atoms with Crippen LogP contribution in [0.5, 0.6) is 0 Å². The van der Waals surface area contributed by atoms with E-state index in [1.54, 1.807) is 6.92 Å². The Bertz CT molecular complexity index is 1400. The fourth-order valence-corrected chi connectivity index (χ4v) is 15.9. The molecule has 8 rings (SSSR count). The zero-order valence-corrected chi connectivity index (χ0v) is 32.1. The summed E-state index contributed by atoms with van der Waals surface area (Å²) >= 11 is 0. The maximum absolute atomic E-state index is 12.3. The van der Waals surface area contributed by atoms with E-state index in [0.717, 1.165) is 69.1 Å². The molecule has 8 saturated carbocycles. The molecule has 0 unspecified atom stereocenters. The quantitative estimate of drug-likeness (QED) is 0.320. The van der Waals surface area contributed by atoms with Gasteiger partial charge in [0.1, 0.15) is 17.3 Å². The van der Waals surface area contributed by atoms with Crippen LogP contribution >= 0.6 is 0 Å². The lowest BCUT2D eigenvalue weighted by Crippen LogP contribution is -2.56. The molecule has 0 bridgehead atoms. The van der Waals surface area contributed by atoms with E-state index in [1.165, 1.54) is 58.5 Å². The predicted octanol–water partition coefficient (Wildman–Crippen LogP) is 9.42. The average Bonchev–Trinajstić information content (AvgIpc) is 3.63. The molecular weight excluding hydrogens is 608 g/mol. The lowest BCUT2D eigenvalue weighted by atomic mass is 9.44. The monoisotopic (exact) mass is 681 g/mol. The minimum atomic E-state index is -1.99. The molecule has 0 aliphatic heterocycles. The topological polar surface area (TPSA) is 80.7 Å². The van der Waals surface area contributed by atoms with Crippen molar-refractivity contribution in [2.75, 3.05) is 13.7 Å². The van der Waals surface area contributed by atoms with Crippen molar-refractivity contribution >= 4 is 17.3 Å². The molecule has 5 nitrogen and oxygen atoms in total. The number of hydrogen-bond donors (Lipinski definition) is 1. The van der Waals surface area contributed by atoms with E-state index in [1.807, 2.05) is 6.92 Å². The molecule has 8 aliphatic carbocycles. The molecule has 0 saturated heterocycles. The van der Waals surface area contributed by atoms with Crippen molar-refractivity contribution < 1.29 is 27.0 Å². The molecule has 276 valence electrons. The number of aliphatic hydroxyl groups is 1. The number of Topliss-reactive ketones (excluding diaryl/α,β-unsaturated/α-hetero) is 3. The Morgan fingerprint density at radius 2 is 1.16 bits per heavy atom. The summed E-state index contributed by atoms with van der Waals surface area (Å²) in [6.07, 6.45) is 18.9. The Balaban J connectivity index is 0.000000162. The van der Waals surface area contributed by atoms with E-state index < -0.39 is 12.2 Å². The maximum Gasteiger partial charge on any atom is 0.133 e. The highest BCUT2D eigenvalue weighted by atomic mass is 16.5.